The second kappa shape index (κ2) is 14.3. The highest BCUT2D eigenvalue weighted by atomic mass is 32.1. The molecular weight excluding hydrogens is 781 g/mol. The first-order valence-corrected chi connectivity index (χ1v) is 19.9. The van der Waals surface area contributed by atoms with Gasteiger partial charge >= 0.3 is 0 Å². The first kappa shape index (κ1) is 17.1. The predicted molar refractivity (Wildman–Crippen MR) is 269 cm³/mol. The van der Waals surface area contributed by atoms with Crippen molar-refractivity contribution in [3.05, 3.63) is 218 Å². The normalized spacial score (nSPS) is 18.5. The van der Waals surface area contributed by atoms with E-state index in [1.54, 1.807) is 18.2 Å². The van der Waals surface area contributed by atoms with Gasteiger partial charge in [0.25, 0.3) is 0 Å². The van der Waals surface area contributed by atoms with Crippen LogP contribution in [-0.2, 0) is 0 Å². The van der Waals surface area contributed by atoms with E-state index in [0.717, 1.165) is 0 Å². The molecule has 3 aromatic heterocycles. The maximum Gasteiger partial charge on any atom is 0.0972 e. The van der Waals surface area contributed by atoms with Gasteiger partial charge in [-0.05, 0) is 89.0 Å². The lowest BCUT2D eigenvalue weighted by Gasteiger charge is -2.16. The molecule has 0 spiro atoms. The number of nitrogens with zero attached hydrogens (tertiary/aromatic N) is 2. The Morgan fingerprint density at radius 1 is 0.381 bits per heavy atom. The summed E-state index contributed by atoms with van der Waals surface area (Å²) in [7, 11) is 0. The topological polar surface area (TPSA) is 25.8 Å². The number of thiophene rings is 1. The van der Waals surface area contributed by atoms with E-state index in [2.05, 4.69) is 4.98 Å². The molecular formula is C60H36N2S. The van der Waals surface area contributed by atoms with Crippen LogP contribution in [0.15, 0.2) is 218 Å². The largest absolute Gasteiger partial charge is 0.254 e. The van der Waals surface area contributed by atoms with Crippen molar-refractivity contribution in [2.24, 2.45) is 0 Å². The molecule has 0 bridgehead atoms. The van der Waals surface area contributed by atoms with E-state index in [0.29, 0.717) is 11.3 Å². The lowest BCUT2D eigenvalue weighted by atomic mass is 9.87. The van der Waals surface area contributed by atoms with Crippen LogP contribution in [0, 0.1) is 0 Å². The fraction of sp³-hybridized carbons (Fsp3) is 0. The van der Waals surface area contributed by atoms with Gasteiger partial charge < -0.3 is 0 Å². The summed E-state index contributed by atoms with van der Waals surface area (Å²) < 4.78 is 276. The molecule has 0 amide bonds. The Morgan fingerprint density at radius 2 is 0.968 bits per heavy atom. The molecule has 3 heteroatoms. The molecule has 0 atom stereocenters. The van der Waals surface area contributed by atoms with Gasteiger partial charge in [-0.25, -0.2) is 4.98 Å². The summed E-state index contributed by atoms with van der Waals surface area (Å²) in [5.41, 5.74) is -5.39. The van der Waals surface area contributed by atoms with Crippen molar-refractivity contribution in [2.45, 2.75) is 0 Å². The highest BCUT2D eigenvalue weighted by Crippen LogP contribution is 2.54. The summed E-state index contributed by atoms with van der Waals surface area (Å²) >= 11 is 0.378. The van der Waals surface area contributed by atoms with Gasteiger partial charge in [0.15, 0.2) is 0 Å². The monoisotopic (exact) mass is 846 g/mol. The first-order valence-electron chi connectivity index (χ1n) is 34.0. The maximum atomic E-state index is 10.4. The molecule has 0 aliphatic heterocycles. The van der Waals surface area contributed by atoms with Crippen LogP contribution in [0.3, 0.4) is 0 Å². The van der Waals surface area contributed by atoms with E-state index < -0.39 is 252 Å². The van der Waals surface area contributed by atoms with Crippen LogP contribution >= 0.6 is 11.3 Å². The van der Waals surface area contributed by atoms with Gasteiger partial charge in [-0.15, -0.1) is 11.3 Å². The maximum absolute atomic E-state index is 10.4. The molecule has 0 aliphatic carbocycles. The number of hydrogen-bond acceptors (Lipinski definition) is 3. The zero-order valence-corrected chi connectivity index (χ0v) is 32.6. The number of hydrogen-bond donors (Lipinski definition) is 0. The number of fused-ring (bicyclic) bond motifs is 4. The summed E-state index contributed by atoms with van der Waals surface area (Å²) in [4.78, 5) is 7.76. The number of aromatic nitrogens is 2. The van der Waals surface area contributed by atoms with Crippen LogP contribution in [0.5, 0.6) is 0 Å². The Labute approximate surface area is 410 Å². The Morgan fingerprint density at radius 3 is 1.78 bits per heavy atom. The van der Waals surface area contributed by atoms with Crippen molar-refractivity contribution in [3.8, 4) is 65.5 Å². The molecule has 0 radical (unpaired) electrons. The molecule has 63 heavy (non-hydrogen) atoms. The van der Waals surface area contributed by atoms with Crippen molar-refractivity contribution < 1.29 is 41.1 Å². The van der Waals surface area contributed by atoms with E-state index in [9.17, 15) is 20.6 Å². The van der Waals surface area contributed by atoms with Gasteiger partial charge in [0.05, 0.1) is 57.9 Å². The van der Waals surface area contributed by atoms with Crippen LogP contribution in [0.25, 0.3) is 130 Å². The third kappa shape index (κ3) is 5.71. The molecule has 2 nitrogen and oxygen atoms in total. The minimum atomic E-state index is -1.01. The molecule has 0 N–H and O–H groups in total. The van der Waals surface area contributed by atoms with Crippen LogP contribution in [0.2, 0.25) is 0 Å². The Bertz CT molecular complexity index is 5620. The summed E-state index contributed by atoms with van der Waals surface area (Å²) in [5, 5.41) is -2.87. The SMILES string of the molecule is [2H]c1nc2c(c([2H])c1[2H])c([2H])c([2H])c1c([2H])c([2H])c(-c3ccc(-c4c([2H])c([2H])c([2H])c(-c5c(-c6c([2H])c([2H])c([2H])c([2H])c6[2H])sc(-c6c([2H])c([2H])c7c([2H])c([2H])c8c([2H])c([2H])c([2H])c9c([2H])c([2H])c6c7c89)c5-c5c([2H])c([2H])c([2H])c([2H])c5[2H])c4[2H])c4ccccc34)nc12. The van der Waals surface area contributed by atoms with Crippen molar-refractivity contribution in [3.63, 3.8) is 0 Å². The van der Waals surface area contributed by atoms with Gasteiger partial charge in [-0.1, -0.05) is 194 Å². The van der Waals surface area contributed by atoms with E-state index >= 15 is 0 Å². The Balaban J connectivity index is 1.22. The highest BCUT2D eigenvalue weighted by Gasteiger charge is 2.25. The minimum absolute atomic E-state index is 0.0546. The molecule has 3 heterocycles. The standard InChI is InChI=1S/C60H36N2S/c1-3-12-37(13-4-1)55-56(59(43-14-5-2-6-15-43)63-60(55)51-31-28-40-24-23-38-16-9-17-39-27-30-50(51)54(40)53(38)39)45-19-10-18-44(36-45)46-32-33-49(48-22-8-7-21-47(46)48)52-34-29-42-26-25-41-20-11-35-61-57(41)58(42)62-52/h1-36H/i1D,2D,3D,4D,5D,6D,9D,10D,11D,12D,13D,14D,15D,16D,17D,18D,19D,20D,23D,24D,25D,26D,27D,28D,29D,30D,31D,34D,35D,36D. The van der Waals surface area contributed by atoms with E-state index in [4.69, 9.17) is 25.5 Å². The van der Waals surface area contributed by atoms with Gasteiger partial charge in [-0.3, -0.25) is 4.98 Å². The average Bonchev–Trinajstić information content (AvgIpc) is 1.52. The van der Waals surface area contributed by atoms with Crippen molar-refractivity contribution in [1.29, 1.82) is 0 Å². The molecule has 292 valence electrons. The summed E-state index contributed by atoms with van der Waals surface area (Å²) in [5.74, 6) is 0. The van der Waals surface area contributed by atoms with E-state index in [1.807, 2.05) is 0 Å². The fourth-order valence-electron chi connectivity index (χ4n) is 8.00. The summed E-state index contributed by atoms with van der Waals surface area (Å²) in [6.07, 6.45) is -0.667. The van der Waals surface area contributed by atoms with Gasteiger partial charge in [-0.2, -0.15) is 0 Å². The van der Waals surface area contributed by atoms with Crippen LogP contribution in [0.1, 0.15) is 41.1 Å². The second-order valence-electron chi connectivity index (χ2n) is 14.1. The lowest BCUT2D eigenvalue weighted by Crippen LogP contribution is -1.91. The summed E-state index contributed by atoms with van der Waals surface area (Å²) in [6, 6.07) is -15.1. The number of benzene rings is 10. The Hall–Kier alpha value is -7.98. The minimum Gasteiger partial charge on any atom is -0.254 e. The van der Waals surface area contributed by atoms with Gasteiger partial charge in [0.2, 0.25) is 0 Å². The zero-order chi connectivity index (χ0) is 67.5. The van der Waals surface area contributed by atoms with Crippen molar-refractivity contribution >= 4 is 76.2 Å². The third-order valence-corrected chi connectivity index (χ3v) is 11.9. The number of rotatable bonds is 6. The smallest absolute Gasteiger partial charge is 0.0972 e. The fourth-order valence-corrected chi connectivity index (χ4v) is 9.28. The third-order valence-electron chi connectivity index (χ3n) is 10.7. The predicted octanol–water partition coefficient (Wildman–Crippen LogP) is 16.9. The summed E-state index contributed by atoms with van der Waals surface area (Å²) in [6.45, 7) is 0. The number of pyridine rings is 2. The van der Waals surface area contributed by atoms with E-state index in [1.165, 1.54) is 18.2 Å². The van der Waals surface area contributed by atoms with Crippen molar-refractivity contribution in [1.82, 2.24) is 9.97 Å². The highest BCUT2D eigenvalue weighted by molar-refractivity contribution is 7.20. The van der Waals surface area contributed by atoms with Crippen LogP contribution in [0.4, 0.5) is 0 Å². The molecule has 0 unspecified atom stereocenters. The van der Waals surface area contributed by atoms with Gasteiger partial charge in [0, 0.05) is 49.0 Å². The molecule has 0 saturated heterocycles. The lowest BCUT2D eigenvalue weighted by molar-refractivity contribution is 1.37. The molecule has 13 aromatic rings. The zero-order valence-electron chi connectivity index (χ0n) is 61.8. The molecule has 0 saturated carbocycles. The average molecular weight is 847 g/mol. The van der Waals surface area contributed by atoms with Crippen molar-refractivity contribution in [2.75, 3.05) is 0 Å². The molecule has 0 fully saturated rings. The van der Waals surface area contributed by atoms with Crippen LogP contribution in [-0.4, -0.2) is 9.97 Å². The quantitative estimate of drug-likeness (QED) is 0.156. The second-order valence-corrected chi connectivity index (χ2v) is 15.1. The molecule has 0 aliphatic rings. The van der Waals surface area contributed by atoms with E-state index in [-0.39, 0.29) is 60.2 Å². The Kier molecular flexibility index (Phi) is 3.87. The van der Waals surface area contributed by atoms with Crippen LogP contribution < -0.4 is 0 Å². The first-order chi connectivity index (χ1) is 43.7. The molecule has 13 rings (SSSR count). The van der Waals surface area contributed by atoms with Gasteiger partial charge in [0.1, 0.15) is 0 Å². The molecule has 10 aromatic carbocycles.